The van der Waals surface area contributed by atoms with Crippen LogP contribution in [0, 0.1) is 6.92 Å². The second-order valence-corrected chi connectivity index (χ2v) is 5.93. The number of rotatable bonds is 9. The van der Waals surface area contributed by atoms with E-state index in [2.05, 4.69) is 5.32 Å². The normalized spacial score (nSPS) is 10.5. The van der Waals surface area contributed by atoms with Crippen molar-refractivity contribution in [1.82, 2.24) is 0 Å². The van der Waals surface area contributed by atoms with E-state index in [0.29, 0.717) is 30.4 Å². The highest BCUT2D eigenvalue weighted by molar-refractivity contribution is 5.94. The van der Waals surface area contributed by atoms with Gasteiger partial charge in [0.15, 0.2) is 18.1 Å². The number of carbonyl (C=O) groups excluding carboxylic acids is 2. The van der Waals surface area contributed by atoms with Crippen molar-refractivity contribution in [3.05, 3.63) is 59.7 Å². The topological polar surface area (TPSA) is 73.9 Å². The van der Waals surface area contributed by atoms with Gasteiger partial charge in [-0.1, -0.05) is 23.8 Å². The number of aryl methyl sites for hydroxylation is 1. The predicted molar refractivity (Wildman–Crippen MR) is 109 cm³/mol. The Hall–Kier alpha value is -3.28. The molecule has 1 N–H and O–H groups in total. The van der Waals surface area contributed by atoms with E-state index in [1.807, 2.05) is 32.9 Å². The van der Waals surface area contributed by atoms with Crippen LogP contribution in [0.4, 0.5) is 5.69 Å². The standard InChI is InChI=1S/C22H25NO5/c1-4-26-19-12-8-17(14-20(19)27-5-2)9-13-22(25)28-15-21(24)23-18-10-6-16(3)7-11-18/h6-14H,4-5,15H2,1-3H3,(H,23,24). The smallest absolute Gasteiger partial charge is 0.331 e. The summed E-state index contributed by atoms with van der Waals surface area (Å²) in [5, 5.41) is 2.67. The summed E-state index contributed by atoms with van der Waals surface area (Å²) in [6.45, 7) is 6.43. The SMILES string of the molecule is CCOc1ccc(C=CC(=O)OCC(=O)Nc2ccc(C)cc2)cc1OCC. The van der Waals surface area contributed by atoms with Gasteiger partial charge in [-0.3, -0.25) is 4.79 Å². The maximum absolute atomic E-state index is 11.9. The number of amides is 1. The van der Waals surface area contributed by atoms with E-state index in [1.165, 1.54) is 6.08 Å². The van der Waals surface area contributed by atoms with Crippen LogP contribution in [0.15, 0.2) is 48.5 Å². The summed E-state index contributed by atoms with van der Waals surface area (Å²) in [6.07, 6.45) is 2.86. The summed E-state index contributed by atoms with van der Waals surface area (Å²) in [5.41, 5.74) is 2.50. The Balaban J connectivity index is 1.87. The molecule has 0 fully saturated rings. The quantitative estimate of drug-likeness (QED) is 0.524. The lowest BCUT2D eigenvalue weighted by Gasteiger charge is -2.11. The molecule has 0 aliphatic heterocycles. The van der Waals surface area contributed by atoms with Crippen molar-refractivity contribution in [2.45, 2.75) is 20.8 Å². The van der Waals surface area contributed by atoms with Gasteiger partial charge in [0, 0.05) is 11.8 Å². The number of carbonyl (C=O) groups is 2. The zero-order valence-electron chi connectivity index (χ0n) is 16.4. The Bertz CT molecular complexity index is 827. The molecule has 0 atom stereocenters. The molecule has 0 heterocycles. The molecule has 2 aromatic rings. The average molecular weight is 383 g/mol. The van der Waals surface area contributed by atoms with E-state index >= 15 is 0 Å². The predicted octanol–water partition coefficient (Wildman–Crippen LogP) is 3.99. The molecular formula is C22H25NO5. The fourth-order valence-electron chi connectivity index (χ4n) is 2.35. The van der Waals surface area contributed by atoms with Gasteiger partial charge in [0.1, 0.15) is 0 Å². The van der Waals surface area contributed by atoms with Crippen LogP contribution in [-0.2, 0) is 14.3 Å². The lowest BCUT2D eigenvalue weighted by molar-refractivity contribution is -0.142. The first-order chi connectivity index (χ1) is 13.5. The molecule has 0 spiro atoms. The van der Waals surface area contributed by atoms with Crippen LogP contribution in [0.1, 0.15) is 25.0 Å². The van der Waals surface area contributed by atoms with E-state index in [-0.39, 0.29) is 6.61 Å². The Morgan fingerprint density at radius 3 is 2.32 bits per heavy atom. The molecule has 1 amide bonds. The summed E-state index contributed by atoms with van der Waals surface area (Å²) in [7, 11) is 0. The third-order valence-electron chi connectivity index (χ3n) is 3.66. The Labute approximate surface area is 165 Å². The fraction of sp³-hybridized carbons (Fsp3) is 0.273. The van der Waals surface area contributed by atoms with Gasteiger partial charge < -0.3 is 19.5 Å². The average Bonchev–Trinajstić information content (AvgIpc) is 2.68. The molecule has 28 heavy (non-hydrogen) atoms. The number of ether oxygens (including phenoxy) is 3. The number of hydrogen-bond donors (Lipinski definition) is 1. The molecule has 2 aromatic carbocycles. The Morgan fingerprint density at radius 2 is 1.64 bits per heavy atom. The van der Waals surface area contributed by atoms with E-state index in [4.69, 9.17) is 14.2 Å². The van der Waals surface area contributed by atoms with Gasteiger partial charge in [0.25, 0.3) is 5.91 Å². The Kier molecular flexibility index (Phi) is 8.09. The molecule has 6 nitrogen and oxygen atoms in total. The van der Waals surface area contributed by atoms with Gasteiger partial charge in [0.2, 0.25) is 0 Å². The summed E-state index contributed by atoms with van der Waals surface area (Å²) < 4.78 is 16.0. The van der Waals surface area contributed by atoms with Gasteiger partial charge in [-0.2, -0.15) is 0 Å². The van der Waals surface area contributed by atoms with Crippen molar-refractivity contribution in [2.75, 3.05) is 25.1 Å². The highest BCUT2D eigenvalue weighted by atomic mass is 16.5. The van der Waals surface area contributed by atoms with E-state index in [0.717, 1.165) is 11.1 Å². The minimum absolute atomic E-state index is 0.357. The van der Waals surface area contributed by atoms with Crippen LogP contribution in [0.3, 0.4) is 0 Å². The summed E-state index contributed by atoms with van der Waals surface area (Å²) in [6, 6.07) is 12.7. The highest BCUT2D eigenvalue weighted by Crippen LogP contribution is 2.29. The fourth-order valence-corrected chi connectivity index (χ4v) is 2.35. The molecule has 0 saturated heterocycles. The van der Waals surface area contributed by atoms with E-state index in [1.54, 1.807) is 36.4 Å². The first-order valence-electron chi connectivity index (χ1n) is 9.12. The van der Waals surface area contributed by atoms with Gasteiger partial charge in [-0.05, 0) is 56.7 Å². The van der Waals surface area contributed by atoms with Crippen molar-refractivity contribution in [3.8, 4) is 11.5 Å². The zero-order chi connectivity index (χ0) is 20.4. The van der Waals surface area contributed by atoms with Crippen molar-refractivity contribution >= 4 is 23.6 Å². The minimum Gasteiger partial charge on any atom is -0.490 e. The van der Waals surface area contributed by atoms with Crippen LogP contribution < -0.4 is 14.8 Å². The zero-order valence-corrected chi connectivity index (χ0v) is 16.4. The molecule has 0 aliphatic carbocycles. The number of anilines is 1. The van der Waals surface area contributed by atoms with Gasteiger partial charge >= 0.3 is 5.97 Å². The van der Waals surface area contributed by atoms with E-state index < -0.39 is 11.9 Å². The molecule has 2 rings (SSSR count). The first kappa shape index (κ1) is 21.0. The molecular weight excluding hydrogens is 358 g/mol. The highest BCUT2D eigenvalue weighted by Gasteiger charge is 2.07. The largest absolute Gasteiger partial charge is 0.490 e. The molecule has 6 heteroatoms. The molecule has 0 bridgehead atoms. The molecule has 148 valence electrons. The lowest BCUT2D eigenvalue weighted by atomic mass is 10.2. The second-order valence-electron chi connectivity index (χ2n) is 5.93. The van der Waals surface area contributed by atoms with Crippen LogP contribution in [0.2, 0.25) is 0 Å². The van der Waals surface area contributed by atoms with Crippen molar-refractivity contribution in [3.63, 3.8) is 0 Å². The van der Waals surface area contributed by atoms with Crippen LogP contribution >= 0.6 is 0 Å². The van der Waals surface area contributed by atoms with Crippen molar-refractivity contribution in [1.29, 1.82) is 0 Å². The summed E-state index contributed by atoms with van der Waals surface area (Å²) >= 11 is 0. The second kappa shape index (κ2) is 10.8. The van der Waals surface area contributed by atoms with Crippen LogP contribution in [0.25, 0.3) is 6.08 Å². The van der Waals surface area contributed by atoms with Gasteiger partial charge in [-0.25, -0.2) is 4.79 Å². The Morgan fingerprint density at radius 1 is 0.964 bits per heavy atom. The maximum Gasteiger partial charge on any atom is 0.331 e. The first-order valence-corrected chi connectivity index (χ1v) is 9.12. The molecule has 0 aliphatic rings. The van der Waals surface area contributed by atoms with Crippen molar-refractivity contribution < 1.29 is 23.8 Å². The summed E-state index contributed by atoms with van der Waals surface area (Å²) in [4.78, 5) is 23.7. The van der Waals surface area contributed by atoms with Gasteiger partial charge in [-0.15, -0.1) is 0 Å². The van der Waals surface area contributed by atoms with Crippen LogP contribution in [0.5, 0.6) is 11.5 Å². The number of nitrogens with one attached hydrogen (secondary N) is 1. The van der Waals surface area contributed by atoms with Crippen molar-refractivity contribution in [2.24, 2.45) is 0 Å². The molecule has 0 radical (unpaired) electrons. The molecule has 0 saturated carbocycles. The number of esters is 1. The van der Waals surface area contributed by atoms with E-state index in [9.17, 15) is 9.59 Å². The van der Waals surface area contributed by atoms with Gasteiger partial charge in [0.05, 0.1) is 13.2 Å². The summed E-state index contributed by atoms with van der Waals surface area (Å²) in [5.74, 6) is 0.255. The molecule has 0 unspecified atom stereocenters. The number of benzene rings is 2. The monoisotopic (exact) mass is 383 g/mol. The third kappa shape index (κ3) is 6.79. The molecule has 0 aromatic heterocycles. The number of hydrogen-bond acceptors (Lipinski definition) is 5. The van der Waals surface area contributed by atoms with Crippen LogP contribution in [-0.4, -0.2) is 31.7 Å². The lowest BCUT2D eigenvalue weighted by Crippen LogP contribution is -2.20. The maximum atomic E-state index is 11.9. The third-order valence-corrected chi connectivity index (χ3v) is 3.66. The minimum atomic E-state index is -0.606.